The van der Waals surface area contributed by atoms with Crippen LogP contribution in [0.25, 0.3) is 0 Å². The Bertz CT molecular complexity index is 539. The van der Waals surface area contributed by atoms with E-state index in [-0.39, 0.29) is 11.8 Å². The highest BCUT2D eigenvalue weighted by Gasteiger charge is 2.14. The Balaban J connectivity index is 1.85. The third kappa shape index (κ3) is 3.54. The Morgan fingerprint density at radius 1 is 1.53 bits per heavy atom. The molecule has 0 saturated heterocycles. The molecular formula is C13H16N4O2. The van der Waals surface area contributed by atoms with E-state index >= 15 is 0 Å². The van der Waals surface area contributed by atoms with Crippen molar-refractivity contribution in [2.45, 2.75) is 19.3 Å². The standard InChI is InChI=1S/C13H16N4O2/c1-9(10-3-2-4-11(14)7-10)13(18)15-6-5-12-16-8-19-17-12/h2-4,7-9H,5-6,14H2,1H3,(H,15,18). The lowest BCUT2D eigenvalue weighted by molar-refractivity contribution is -0.122. The van der Waals surface area contributed by atoms with Gasteiger partial charge >= 0.3 is 0 Å². The summed E-state index contributed by atoms with van der Waals surface area (Å²) in [6.07, 6.45) is 1.82. The van der Waals surface area contributed by atoms with E-state index in [9.17, 15) is 4.79 Å². The topological polar surface area (TPSA) is 94.0 Å². The van der Waals surface area contributed by atoms with Crippen molar-refractivity contribution in [3.8, 4) is 0 Å². The minimum Gasteiger partial charge on any atom is -0.399 e. The van der Waals surface area contributed by atoms with Crippen molar-refractivity contribution in [2.75, 3.05) is 12.3 Å². The number of carbonyl (C=O) groups excluding carboxylic acids is 1. The van der Waals surface area contributed by atoms with Gasteiger partial charge in [0.2, 0.25) is 12.3 Å². The molecule has 1 heterocycles. The van der Waals surface area contributed by atoms with Crippen LogP contribution in [0.5, 0.6) is 0 Å². The molecule has 0 fully saturated rings. The number of rotatable bonds is 5. The van der Waals surface area contributed by atoms with Gasteiger partial charge in [-0.1, -0.05) is 17.3 Å². The van der Waals surface area contributed by atoms with Crippen LogP contribution in [0.15, 0.2) is 35.2 Å². The lowest BCUT2D eigenvalue weighted by atomic mass is 10.00. The Morgan fingerprint density at radius 3 is 3.05 bits per heavy atom. The molecular weight excluding hydrogens is 244 g/mol. The molecule has 0 aliphatic carbocycles. The number of carbonyl (C=O) groups is 1. The maximum atomic E-state index is 12.0. The monoisotopic (exact) mass is 260 g/mol. The van der Waals surface area contributed by atoms with E-state index in [0.717, 1.165) is 5.56 Å². The van der Waals surface area contributed by atoms with Crippen LogP contribution in [0.1, 0.15) is 24.2 Å². The summed E-state index contributed by atoms with van der Waals surface area (Å²) in [7, 11) is 0. The van der Waals surface area contributed by atoms with Crippen LogP contribution >= 0.6 is 0 Å². The molecule has 2 aromatic rings. The molecule has 0 radical (unpaired) electrons. The highest BCUT2D eigenvalue weighted by atomic mass is 16.5. The first-order valence-electron chi connectivity index (χ1n) is 6.05. The van der Waals surface area contributed by atoms with Gasteiger partial charge in [-0.25, -0.2) is 0 Å². The number of nitrogens with zero attached hydrogens (tertiary/aromatic N) is 2. The van der Waals surface area contributed by atoms with Crippen molar-refractivity contribution in [2.24, 2.45) is 0 Å². The predicted molar refractivity (Wildman–Crippen MR) is 70.3 cm³/mol. The lowest BCUT2D eigenvalue weighted by Crippen LogP contribution is -2.30. The molecule has 6 heteroatoms. The Kier molecular flexibility index (Phi) is 4.12. The molecule has 1 atom stereocenters. The number of hydrogen-bond donors (Lipinski definition) is 2. The highest BCUT2D eigenvalue weighted by molar-refractivity contribution is 5.83. The SMILES string of the molecule is CC(C(=O)NCCc1ncon1)c1cccc(N)c1. The fourth-order valence-corrected chi connectivity index (χ4v) is 1.73. The van der Waals surface area contributed by atoms with E-state index in [1.165, 1.54) is 6.39 Å². The molecule has 6 nitrogen and oxygen atoms in total. The summed E-state index contributed by atoms with van der Waals surface area (Å²) >= 11 is 0. The number of amides is 1. The zero-order chi connectivity index (χ0) is 13.7. The van der Waals surface area contributed by atoms with Crippen LogP contribution in [0.4, 0.5) is 5.69 Å². The minimum atomic E-state index is -0.242. The molecule has 3 N–H and O–H groups in total. The maximum Gasteiger partial charge on any atom is 0.227 e. The van der Waals surface area contributed by atoms with Crippen LogP contribution in [-0.4, -0.2) is 22.6 Å². The molecule has 1 aromatic carbocycles. The second-order valence-corrected chi connectivity index (χ2v) is 4.28. The highest BCUT2D eigenvalue weighted by Crippen LogP contribution is 2.17. The van der Waals surface area contributed by atoms with Crippen molar-refractivity contribution in [3.05, 3.63) is 42.0 Å². The van der Waals surface area contributed by atoms with Gasteiger partial charge in [-0.05, 0) is 24.6 Å². The Labute approximate surface area is 111 Å². The first kappa shape index (κ1) is 13.1. The van der Waals surface area contributed by atoms with Crippen molar-refractivity contribution in [3.63, 3.8) is 0 Å². The summed E-state index contributed by atoms with van der Waals surface area (Å²) in [4.78, 5) is 15.8. The van der Waals surface area contributed by atoms with Gasteiger partial charge in [0.15, 0.2) is 5.82 Å². The van der Waals surface area contributed by atoms with Crippen LogP contribution in [-0.2, 0) is 11.2 Å². The average Bonchev–Trinajstić information content (AvgIpc) is 2.91. The van der Waals surface area contributed by atoms with E-state index in [1.54, 1.807) is 6.07 Å². The Hall–Kier alpha value is -2.37. The van der Waals surface area contributed by atoms with Gasteiger partial charge in [0.1, 0.15) is 0 Å². The van der Waals surface area contributed by atoms with E-state index in [0.29, 0.717) is 24.5 Å². The minimum absolute atomic E-state index is 0.0471. The van der Waals surface area contributed by atoms with E-state index in [4.69, 9.17) is 5.73 Å². The summed E-state index contributed by atoms with van der Waals surface area (Å²) in [5, 5.41) is 6.51. The zero-order valence-electron chi connectivity index (χ0n) is 10.7. The quantitative estimate of drug-likeness (QED) is 0.785. The number of nitrogen functional groups attached to an aromatic ring is 1. The summed E-state index contributed by atoms with van der Waals surface area (Å²) in [5.41, 5.74) is 7.26. The third-order valence-corrected chi connectivity index (χ3v) is 2.86. The summed E-state index contributed by atoms with van der Waals surface area (Å²) in [5.74, 6) is 0.291. The molecule has 0 aliphatic heterocycles. The molecule has 0 saturated carbocycles. The van der Waals surface area contributed by atoms with Gasteiger partial charge in [0.05, 0.1) is 5.92 Å². The molecule has 100 valence electrons. The van der Waals surface area contributed by atoms with Gasteiger partial charge in [-0.15, -0.1) is 0 Å². The van der Waals surface area contributed by atoms with Gasteiger partial charge in [0.25, 0.3) is 0 Å². The third-order valence-electron chi connectivity index (χ3n) is 2.86. The zero-order valence-corrected chi connectivity index (χ0v) is 10.7. The molecule has 0 spiro atoms. The van der Waals surface area contributed by atoms with Crippen LogP contribution in [0.3, 0.4) is 0 Å². The smallest absolute Gasteiger partial charge is 0.227 e. The molecule has 19 heavy (non-hydrogen) atoms. The Morgan fingerprint density at radius 2 is 2.37 bits per heavy atom. The second-order valence-electron chi connectivity index (χ2n) is 4.28. The number of aromatic nitrogens is 2. The first-order valence-corrected chi connectivity index (χ1v) is 6.05. The van der Waals surface area contributed by atoms with Gasteiger partial charge in [-0.3, -0.25) is 4.79 Å². The summed E-state index contributed by atoms with van der Waals surface area (Å²) in [6, 6.07) is 7.33. The molecule has 2 rings (SSSR count). The second kappa shape index (κ2) is 5.99. The summed E-state index contributed by atoms with van der Waals surface area (Å²) in [6.45, 7) is 2.32. The number of nitrogens with one attached hydrogen (secondary N) is 1. The van der Waals surface area contributed by atoms with E-state index in [1.807, 2.05) is 25.1 Å². The molecule has 1 aromatic heterocycles. The molecule has 1 unspecified atom stereocenters. The van der Waals surface area contributed by atoms with Crippen LogP contribution in [0.2, 0.25) is 0 Å². The van der Waals surface area contributed by atoms with Crippen molar-refractivity contribution < 1.29 is 9.32 Å². The maximum absolute atomic E-state index is 12.0. The van der Waals surface area contributed by atoms with E-state index < -0.39 is 0 Å². The van der Waals surface area contributed by atoms with Gasteiger partial charge in [-0.2, -0.15) is 4.98 Å². The van der Waals surface area contributed by atoms with E-state index in [2.05, 4.69) is 20.0 Å². The van der Waals surface area contributed by atoms with Crippen molar-refractivity contribution >= 4 is 11.6 Å². The number of anilines is 1. The number of hydrogen-bond acceptors (Lipinski definition) is 5. The van der Waals surface area contributed by atoms with Gasteiger partial charge in [0, 0.05) is 18.7 Å². The summed E-state index contributed by atoms with van der Waals surface area (Å²) < 4.78 is 4.61. The molecule has 0 aliphatic rings. The predicted octanol–water partition coefficient (Wildman–Crippen LogP) is 1.11. The first-order chi connectivity index (χ1) is 9.16. The molecule has 0 bridgehead atoms. The van der Waals surface area contributed by atoms with Crippen LogP contribution < -0.4 is 11.1 Å². The largest absolute Gasteiger partial charge is 0.399 e. The number of benzene rings is 1. The van der Waals surface area contributed by atoms with Crippen molar-refractivity contribution in [1.29, 1.82) is 0 Å². The van der Waals surface area contributed by atoms with Crippen molar-refractivity contribution in [1.82, 2.24) is 15.5 Å². The average molecular weight is 260 g/mol. The molecule has 1 amide bonds. The fourth-order valence-electron chi connectivity index (χ4n) is 1.73. The fraction of sp³-hybridized carbons (Fsp3) is 0.308. The normalized spacial score (nSPS) is 12.1. The van der Waals surface area contributed by atoms with Crippen LogP contribution in [0, 0.1) is 0 Å². The number of nitrogens with two attached hydrogens (primary N) is 1. The van der Waals surface area contributed by atoms with Gasteiger partial charge < -0.3 is 15.6 Å². The lowest BCUT2D eigenvalue weighted by Gasteiger charge is -2.12.